The van der Waals surface area contributed by atoms with Crippen LogP contribution in [0.4, 0.5) is 5.95 Å². The maximum atomic E-state index is 12.3. The van der Waals surface area contributed by atoms with Crippen molar-refractivity contribution in [3.05, 3.63) is 16.7 Å². The van der Waals surface area contributed by atoms with Crippen LogP contribution in [0.15, 0.2) is 11.1 Å². The van der Waals surface area contributed by atoms with Crippen LogP contribution in [0.3, 0.4) is 0 Å². The molecule has 3 heterocycles. The summed E-state index contributed by atoms with van der Waals surface area (Å²) in [4.78, 5) is 70.6. The van der Waals surface area contributed by atoms with Gasteiger partial charge in [0, 0.05) is 6.42 Å². The first-order chi connectivity index (χ1) is 15.0. The number of phosphoric acid groups is 3. The molecule has 182 valence electrons. The Morgan fingerprint density at radius 1 is 1.27 bits per heavy atom. The molecule has 7 N–H and O–H groups in total. The molecule has 4 rings (SSSR count). The normalized spacial score (nSPS) is 30.5. The van der Waals surface area contributed by atoms with E-state index >= 15 is 0 Å². The second-order valence-electron chi connectivity index (χ2n) is 7.20. The standard InChI is InChI=1S/C12H16N5O13P3/c1-4(18)12-2-5(17-3-14-6-9(17)15-11(13)16-10(6)19)27-7(12)8(12)28-32(23,24)30-33(25,26)29-31(20,21)22/h3,5,7-8H,2H2,1H3,(H,23,24)(H,25,26)(H2,20,21,22)(H3,13,15,16,19). The maximum Gasteiger partial charge on any atom is 0.490 e. The minimum Gasteiger partial charge on any atom is -0.369 e. The largest absolute Gasteiger partial charge is 0.490 e. The summed E-state index contributed by atoms with van der Waals surface area (Å²) >= 11 is 0. The zero-order chi connectivity index (χ0) is 24.6. The van der Waals surface area contributed by atoms with Crippen molar-refractivity contribution in [2.45, 2.75) is 31.8 Å². The summed E-state index contributed by atoms with van der Waals surface area (Å²) in [5, 5.41) is 0. The molecule has 2 aromatic heterocycles. The van der Waals surface area contributed by atoms with Gasteiger partial charge in [0.1, 0.15) is 24.2 Å². The number of imidazole rings is 1. The highest BCUT2D eigenvalue weighted by Crippen LogP contribution is 2.71. The number of hydrogen-bond acceptors (Lipinski definition) is 12. The number of aromatic amines is 1. The Labute approximate surface area is 182 Å². The quantitative estimate of drug-likeness (QED) is 0.229. The predicted octanol–water partition coefficient (Wildman–Crippen LogP) is -0.710. The minimum atomic E-state index is -5.72. The number of Topliss-reactive ketones (excluding diaryl/α,β-unsaturated/α-hetero) is 1. The van der Waals surface area contributed by atoms with Gasteiger partial charge in [-0.05, 0) is 6.92 Å². The second kappa shape index (κ2) is 7.60. The number of nitrogens with zero attached hydrogens (tertiary/aromatic N) is 3. The van der Waals surface area contributed by atoms with E-state index in [2.05, 4.69) is 23.6 Å². The minimum absolute atomic E-state index is 0.0462. The van der Waals surface area contributed by atoms with Crippen LogP contribution in [0.1, 0.15) is 19.6 Å². The summed E-state index contributed by atoms with van der Waals surface area (Å²) in [7, 11) is -16.7. The Morgan fingerprint density at radius 2 is 1.94 bits per heavy atom. The second-order valence-corrected chi connectivity index (χ2v) is 11.6. The molecule has 0 bridgehead atoms. The molecule has 21 heteroatoms. The Hall–Kier alpha value is -1.81. The van der Waals surface area contributed by atoms with Crippen molar-refractivity contribution in [3.63, 3.8) is 0 Å². The number of rotatable bonds is 8. The van der Waals surface area contributed by atoms with Gasteiger partial charge in [0.25, 0.3) is 5.56 Å². The zero-order valence-corrected chi connectivity index (χ0v) is 18.9. The van der Waals surface area contributed by atoms with Crippen LogP contribution in [0.5, 0.6) is 0 Å². The van der Waals surface area contributed by atoms with Gasteiger partial charge in [0.05, 0.1) is 11.7 Å². The lowest BCUT2D eigenvalue weighted by Crippen LogP contribution is -2.22. The number of anilines is 1. The lowest BCUT2D eigenvalue weighted by Gasteiger charge is -2.21. The van der Waals surface area contributed by atoms with Crippen molar-refractivity contribution in [2.75, 3.05) is 5.73 Å². The highest BCUT2D eigenvalue weighted by Gasteiger charge is 2.77. The van der Waals surface area contributed by atoms with Crippen molar-refractivity contribution in [3.8, 4) is 0 Å². The number of nitrogen functional groups attached to an aromatic ring is 1. The van der Waals surface area contributed by atoms with Gasteiger partial charge in [0.2, 0.25) is 5.95 Å². The molecule has 1 saturated carbocycles. The number of ether oxygens (including phenoxy) is 1. The maximum absolute atomic E-state index is 12.3. The number of hydrogen-bond donors (Lipinski definition) is 6. The lowest BCUT2D eigenvalue weighted by atomic mass is 9.97. The molecule has 1 aliphatic carbocycles. The van der Waals surface area contributed by atoms with Gasteiger partial charge in [-0.15, -0.1) is 0 Å². The van der Waals surface area contributed by atoms with Crippen LogP contribution >= 0.6 is 23.5 Å². The molecular formula is C12H16N5O13P3. The van der Waals surface area contributed by atoms with Crippen molar-refractivity contribution < 1.29 is 55.9 Å². The average molecular weight is 531 g/mol. The van der Waals surface area contributed by atoms with Gasteiger partial charge in [-0.3, -0.25) is 23.7 Å². The van der Waals surface area contributed by atoms with Gasteiger partial charge < -0.3 is 30.0 Å². The van der Waals surface area contributed by atoms with Gasteiger partial charge in [-0.25, -0.2) is 18.7 Å². The number of carbonyl (C=O) groups excluding carboxylic acids is 1. The molecule has 2 aliphatic rings. The smallest absolute Gasteiger partial charge is 0.369 e. The molecular weight excluding hydrogens is 515 g/mol. The van der Waals surface area contributed by atoms with Crippen LogP contribution in [0.2, 0.25) is 0 Å². The van der Waals surface area contributed by atoms with Gasteiger partial charge in [-0.1, -0.05) is 0 Å². The highest BCUT2D eigenvalue weighted by atomic mass is 31.3. The number of fused-ring (bicyclic) bond motifs is 2. The molecule has 1 aliphatic heterocycles. The summed E-state index contributed by atoms with van der Waals surface area (Å²) in [6, 6.07) is 0. The molecule has 2 aromatic rings. The van der Waals surface area contributed by atoms with Crippen LogP contribution in [-0.2, 0) is 36.4 Å². The number of H-pyrrole nitrogens is 1. The number of nitrogens with two attached hydrogens (primary N) is 1. The summed E-state index contributed by atoms with van der Waals surface area (Å²) in [5.41, 5.74) is 3.48. The van der Waals surface area contributed by atoms with Crippen LogP contribution < -0.4 is 11.3 Å². The number of phosphoric ester groups is 1. The van der Waals surface area contributed by atoms with Gasteiger partial charge >= 0.3 is 23.5 Å². The monoisotopic (exact) mass is 531 g/mol. The van der Waals surface area contributed by atoms with E-state index in [1.165, 1.54) is 10.9 Å². The fourth-order valence-electron chi connectivity index (χ4n) is 3.76. The number of ketones is 1. The zero-order valence-electron chi connectivity index (χ0n) is 16.2. The van der Waals surface area contributed by atoms with Crippen molar-refractivity contribution in [1.82, 2.24) is 19.5 Å². The summed E-state index contributed by atoms with van der Waals surface area (Å²) in [6.07, 6.45) is -2.33. The Balaban J connectivity index is 1.53. The van der Waals surface area contributed by atoms with E-state index in [1.807, 2.05) is 0 Å². The Bertz CT molecular complexity index is 1350. The van der Waals surface area contributed by atoms with E-state index in [1.54, 1.807) is 0 Å². The topological polar surface area (TPSA) is 276 Å². The molecule has 6 atom stereocenters. The molecule has 0 radical (unpaired) electrons. The van der Waals surface area contributed by atoms with Crippen molar-refractivity contribution >= 4 is 46.4 Å². The van der Waals surface area contributed by atoms with Crippen LogP contribution in [-0.4, -0.2) is 57.1 Å². The first kappa shape index (κ1) is 24.3. The van der Waals surface area contributed by atoms with E-state index in [-0.39, 0.29) is 23.5 Å². The van der Waals surface area contributed by atoms with Crippen LogP contribution in [0.25, 0.3) is 11.2 Å². The predicted molar refractivity (Wildman–Crippen MR) is 103 cm³/mol. The van der Waals surface area contributed by atoms with Crippen molar-refractivity contribution in [1.29, 1.82) is 0 Å². The van der Waals surface area contributed by atoms with E-state index in [9.17, 15) is 33.1 Å². The number of carbonyl (C=O) groups is 1. The molecule has 6 unspecified atom stereocenters. The SMILES string of the molecule is CC(=O)C12CC(n3cnc4c(=O)[nH]c(N)nc43)OC1C2OP(=O)(O)OP(=O)(O)OP(=O)(O)O. The third-order valence-electron chi connectivity index (χ3n) is 5.08. The Kier molecular flexibility index (Phi) is 5.60. The van der Waals surface area contributed by atoms with Gasteiger partial charge in [-0.2, -0.15) is 13.6 Å². The van der Waals surface area contributed by atoms with Crippen LogP contribution in [0, 0.1) is 5.41 Å². The van der Waals surface area contributed by atoms with E-state index in [0.717, 1.165) is 6.92 Å². The van der Waals surface area contributed by atoms with Gasteiger partial charge in [0.15, 0.2) is 11.2 Å². The molecule has 2 fully saturated rings. The molecule has 0 spiro atoms. The molecule has 0 amide bonds. The molecule has 18 nitrogen and oxygen atoms in total. The van der Waals surface area contributed by atoms with E-state index in [0.29, 0.717) is 0 Å². The first-order valence-corrected chi connectivity index (χ1v) is 13.3. The van der Waals surface area contributed by atoms with Crippen molar-refractivity contribution in [2.24, 2.45) is 5.41 Å². The molecule has 0 aromatic carbocycles. The molecule has 33 heavy (non-hydrogen) atoms. The van der Waals surface area contributed by atoms with E-state index < -0.39 is 58.7 Å². The highest BCUT2D eigenvalue weighted by molar-refractivity contribution is 7.66. The summed E-state index contributed by atoms with van der Waals surface area (Å²) in [6.45, 7) is 1.16. The molecule has 1 saturated heterocycles. The third-order valence-corrected chi connectivity index (χ3v) is 8.90. The Morgan fingerprint density at radius 3 is 2.52 bits per heavy atom. The fourth-order valence-corrected chi connectivity index (χ4v) is 7.00. The number of aromatic nitrogens is 4. The summed E-state index contributed by atoms with van der Waals surface area (Å²) in [5.74, 6) is -0.711. The lowest BCUT2D eigenvalue weighted by molar-refractivity contribution is -0.123. The summed E-state index contributed by atoms with van der Waals surface area (Å²) < 4.78 is 53.5. The fraction of sp³-hybridized carbons (Fsp3) is 0.500. The first-order valence-electron chi connectivity index (χ1n) is 8.76. The third kappa shape index (κ3) is 4.48. The number of nitrogens with one attached hydrogen (secondary N) is 1. The van der Waals surface area contributed by atoms with E-state index in [4.69, 9.17) is 24.8 Å². The average Bonchev–Trinajstić information content (AvgIpc) is 2.95.